The van der Waals surface area contributed by atoms with Crippen molar-refractivity contribution in [2.75, 3.05) is 12.8 Å². The Bertz CT molecular complexity index is 51.7. The molecule has 0 fully saturated rings. The molecular formula is C5H12NOSi. The van der Waals surface area contributed by atoms with E-state index in [0.29, 0.717) is 12.8 Å². The van der Waals surface area contributed by atoms with E-state index >= 15 is 0 Å². The van der Waals surface area contributed by atoms with Gasteiger partial charge in [-0.25, -0.2) is 0 Å². The van der Waals surface area contributed by atoms with Gasteiger partial charge in [-0.2, -0.15) is 0 Å². The average molecular weight is 130 g/mol. The highest BCUT2D eigenvalue weighted by molar-refractivity contribution is 6.08. The molecule has 3 radical (unpaired) electrons. The largest absolute Gasteiger partial charge is 0.384 e. The maximum absolute atomic E-state index is 5.51. The maximum atomic E-state index is 5.51. The van der Waals surface area contributed by atoms with Crippen molar-refractivity contribution in [2.45, 2.75) is 19.4 Å². The van der Waals surface area contributed by atoms with Gasteiger partial charge >= 0.3 is 0 Å². The molecule has 8 heavy (non-hydrogen) atoms. The van der Waals surface area contributed by atoms with E-state index in [0.717, 1.165) is 6.42 Å². The normalized spacial score (nSPS) is 13.9. The minimum atomic E-state index is 0.200. The molecule has 0 bridgehead atoms. The van der Waals surface area contributed by atoms with Gasteiger partial charge < -0.3 is 10.5 Å². The molecule has 0 heterocycles. The Kier molecular flexibility index (Phi) is 5.37. The van der Waals surface area contributed by atoms with Gasteiger partial charge in [0.2, 0.25) is 0 Å². The Morgan fingerprint density at radius 1 is 1.75 bits per heavy atom. The number of hydrogen-bond acceptors (Lipinski definition) is 2. The van der Waals surface area contributed by atoms with Gasteiger partial charge in [0.25, 0.3) is 0 Å². The lowest BCUT2D eigenvalue weighted by atomic mass is 10.3. The molecule has 0 aromatic carbocycles. The number of ether oxygens (including phenoxy) is 1. The van der Waals surface area contributed by atoms with Gasteiger partial charge in [0.05, 0.1) is 16.8 Å². The molecule has 1 atom stereocenters. The van der Waals surface area contributed by atoms with Crippen molar-refractivity contribution in [2.24, 2.45) is 5.73 Å². The van der Waals surface area contributed by atoms with Crippen LogP contribution in [0.2, 0.25) is 0 Å². The second-order valence-corrected chi connectivity index (χ2v) is 1.97. The van der Waals surface area contributed by atoms with Gasteiger partial charge in [-0.3, -0.25) is 0 Å². The van der Waals surface area contributed by atoms with Crippen LogP contribution in [-0.4, -0.2) is 29.1 Å². The minimum absolute atomic E-state index is 0.200. The van der Waals surface area contributed by atoms with Crippen molar-refractivity contribution >= 4 is 10.2 Å². The van der Waals surface area contributed by atoms with Crippen LogP contribution in [0.4, 0.5) is 0 Å². The van der Waals surface area contributed by atoms with Crippen LogP contribution in [0, 0.1) is 0 Å². The lowest BCUT2D eigenvalue weighted by Crippen LogP contribution is -2.25. The van der Waals surface area contributed by atoms with Crippen LogP contribution < -0.4 is 5.73 Å². The van der Waals surface area contributed by atoms with E-state index in [2.05, 4.69) is 10.2 Å². The summed E-state index contributed by atoms with van der Waals surface area (Å²) in [7, 11) is 3.17. The van der Waals surface area contributed by atoms with Crippen LogP contribution >= 0.6 is 0 Å². The van der Waals surface area contributed by atoms with E-state index in [1.54, 1.807) is 0 Å². The van der Waals surface area contributed by atoms with Crippen molar-refractivity contribution in [3.8, 4) is 0 Å². The van der Waals surface area contributed by atoms with E-state index in [-0.39, 0.29) is 6.04 Å². The van der Waals surface area contributed by atoms with Crippen molar-refractivity contribution in [3.63, 3.8) is 0 Å². The molecule has 0 saturated heterocycles. The SMILES string of the molecule is CCC(N)COC[Si]. The van der Waals surface area contributed by atoms with Crippen LogP contribution in [-0.2, 0) is 4.74 Å². The van der Waals surface area contributed by atoms with Crippen molar-refractivity contribution < 1.29 is 4.74 Å². The third kappa shape index (κ3) is 4.30. The van der Waals surface area contributed by atoms with Gasteiger partial charge in [-0.15, -0.1) is 0 Å². The fourth-order valence-electron chi connectivity index (χ4n) is 0.328. The molecule has 0 spiro atoms. The summed E-state index contributed by atoms with van der Waals surface area (Å²) < 4.78 is 4.97. The number of rotatable bonds is 4. The smallest absolute Gasteiger partial charge is 0.0612 e. The Hall–Kier alpha value is 0.137. The summed E-state index contributed by atoms with van der Waals surface area (Å²) in [4.78, 5) is 0. The molecule has 0 aromatic rings. The summed E-state index contributed by atoms with van der Waals surface area (Å²) >= 11 is 0. The third-order valence-corrected chi connectivity index (χ3v) is 1.16. The fraction of sp³-hybridized carbons (Fsp3) is 1.00. The molecule has 1 unspecified atom stereocenters. The first-order valence-electron chi connectivity index (χ1n) is 2.79. The standard InChI is InChI=1S/C5H12NOSi/c1-2-5(6)3-7-4-8/h5H,2-4,6H2,1H3. The molecule has 0 amide bonds. The highest BCUT2D eigenvalue weighted by atomic mass is 28.1. The monoisotopic (exact) mass is 130 g/mol. The first-order valence-corrected chi connectivity index (χ1v) is 3.49. The minimum Gasteiger partial charge on any atom is -0.384 e. The summed E-state index contributed by atoms with van der Waals surface area (Å²) in [6.07, 6.45) is 1.56. The predicted molar refractivity (Wildman–Crippen MR) is 34.8 cm³/mol. The zero-order chi connectivity index (χ0) is 6.41. The average Bonchev–Trinajstić information content (AvgIpc) is 1.83. The quantitative estimate of drug-likeness (QED) is 0.538. The van der Waals surface area contributed by atoms with Gasteiger partial charge in [0.15, 0.2) is 0 Å². The van der Waals surface area contributed by atoms with Gasteiger partial charge in [-0.1, -0.05) is 6.92 Å². The lowest BCUT2D eigenvalue weighted by molar-refractivity contribution is 0.161. The molecule has 47 valence electrons. The molecular weight excluding hydrogens is 118 g/mol. The van der Waals surface area contributed by atoms with E-state index in [4.69, 9.17) is 10.5 Å². The molecule has 2 nitrogen and oxygen atoms in total. The summed E-state index contributed by atoms with van der Waals surface area (Å²) in [5.41, 5.74) is 5.51. The highest BCUT2D eigenvalue weighted by Gasteiger charge is 1.94. The predicted octanol–water partition coefficient (Wildman–Crippen LogP) is -0.134. The number of hydrogen-bond donors (Lipinski definition) is 1. The van der Waals surface area contributed by atoms with E-state index in [9.17, 15) is 0 Å². The van der Waals surface area contributed by atoms with Crippen LogP contribution in [0.25, 0.3) is 0 Å². The molecule has 0 aliphatic rings. The fourth-order valence-corrected chi connectivity index (χ4v) is 0.446. The second-order valence-electron chi connectivity index (χ2n) is 1.68. The van der Waals surface area contributed by atoms with Gasteiger partial charge in [0.1, 0.15) is 0 Å². The summed E-state index contributed by atoms with van der Waals surface area (Å²) in [6, 6.07) is 0.200. The molecule has 0 aliphatic carbocycles. The molecule has 0 rings (SSSR count). The first kappa shape index (κ1) is 8.14. The van der Waals surface area contributed by atoms with Crippen LogP contribution in [0.1, 0.15) is 13.3 Å². The molecule has 3 heteroatoms. The highest BCUT2D eigenvalue weighted by Crippen LogP contribution is 1.84. The van der Waals surface area contributed by atoms with Crippen LogP contribution in [0.3, 0.4) is 0 Å². The van der Waals surface area contributed by atoms with Crippen molar-refractivity contribution in [1.29, 1.82) is 0 Å². The lowest BCUT2D eigenvalue weighted by Gasteiger charge is -2.06. The molecule has 0 aromatic heterocycles. The Labute approximate surface area is 53.8 Å². The third-order valence-electron chi connectivity index (χ3n) is 0.958. The van der Waals surface area contributed by atoms with E-state index < -0.39 is 0 Å². The second kappa shape index (κ2) is 5.28. The number of nitrogens with two attached hydrogens (primary N) is 1. The van der Waals surface area contributed by atoms with Crippen LogP contribution in [0.15, 0.2) is 0 Å². The van der Waals surface area contributed by atoms with Gasteiger partial charge in [0, 0.05) is 12.3 Å². The summed E-state index contributed by atoms with van der Waals surface area (Å²) in [6.45, 7) is 2.70. The van der Waals surface area contributed by atoms with Gasteiger partial charge in [-0.05, 0) is 6.42 Å². The Balaban J connectivity index is 2.86. The maximum Gasteiger partial charge on any atom is 0.0612 e. The van der Waals surface area contributed by atoms with Crippen LogP contribution in [0.5, 0.6) is 0 Å². The zero-order valence-corrected chi connectivity index (χ0v) is 6.18. The summed E-state index contributed by atoms with van der Waals surface area (Å²) in [5, 5.41) is 0. The molecule has 0 aliphatic heterocycles. The Morgan fingerprint density at radius 3 is 2.75 bits per heavy atom. The zero-order valence-electron chi connectivity index (χ0n) is 5.18. The van der Waals surface area contributed by atoms with Crippen molar-refractivity contribution in [3.05, 3.63) is 0 Å². The van der Waals surface area contributed by atoms with E-state index in [1.807, 2.05) is 6.92 Å². The first-order chi connectivity index (χ1) is 3.81. The topological polar surface area (TPSA) is 35.2 Å². The summed E-state index contributed by atoms with van der Waals surface area (Å²) in [5.74, 6) is 0. The van der Waals surface area contributed by atoms with Crippen molar-refractivity contribution in [1.82, 2.24) is 0 Å². The molecule has 0 saturated carbocycles. The van der Waals surface area contributed by atoms with E-state index in [1.165, 1.54) is 0 Å². The Morgan fingerprint density at radius 2 is 2.38 bits per heavy atom. The molecule has 2 N–H and O–H groups in total.